The number of nitrogens with zero attached hydrogens (tertiary/aromatic N) is 2. The Bertz CT molecular complexity index is 628. The third-order valence-corrected chi connectivity index (χ3v) is 4.22. The summed E-state index contributed by atoms with van der Waals surface area (Å²) in [5.41, 5.74) is 6.20. The van der Waals surface area contributed by atoms with Gasteiger partial charge in [0.05, 0.1) is 5.69 Å². The number of aryl methyl sites for hydroxylation is 3. The molecule has 3 heteroatoms. The maximum atomic E-state index is 4.81. The van der Waals surface area contributed by atoms with Gasteiger partial charge in [0.2, 0.25) is 0 Å². The Balaban J connectivity index is 2.02. The van der Waals surface area contributed by atoms with E-state index in [0.717, 1.165) is 31.0 Å². The van der Waals surface area contributed by atoms with Crippen molar-refractivity contribution in [1.82, 2.24) is 15.3 Å². The fourth-order valence-electron chi connectivity index (χ4n) is 2.83. The van der Waals surface area contributed by atoms with Crippen LogP contribution in [0.25, 0.3) is 11.3 Å². The molecular weight excluding hydrogens is 246 g/mol. The number of rotatable bonds is 2. The molecule has 2 heterocycles. The van der Waals surface area contributed by atoms with Crippen LogP contribution in [-0.4, -0.2) is 23.1 Å². The van der Waals surface area contributed by atoms with Crippen LogP contribution in [0, 0.1) is 20.8 Å². The van der Waals surface area contributed by atoms with E-state index in [1.165, 1.54) is 22.3 Å². The summed E-state index contributed by atoms with van der Waals surface area (Å²) in [4.78, 5) is 9.27. The first-order valence-electron chi connectivity index (χ1n) is 7.27. The molecule has 3 nitrogen and oxygen atoms in total. The van der Waals surface area contributed by atoms with Gasteiger partial charge in [-0.25, -0.2) is 9.97 Å². The highest BCUT2D eigenvalue weighted by Crippen LogP contribution is 2.26. The van der Waals surface area contributed by atoms with E-state index in [1.807, 2.05) is 12.3 Å². The highest BCUT2D eigenvalue weighted by atomic mass is 15.0. The number of benzene rings is 1. The van der Waals surface area contributed by atoms with Crippen molar-refractivity contribution in [1.29, 1.82) is 0 Å². The SMILES string of the molecule is Cc1cc(C)c(-c2ccnc(C3CCNC3)n2)cc1C. The molecule has 0 bridgehead atoms. The summed E-state index contributed by atoms with van der Waals surface area (Å²) in [5, 5.41) is 3.38. The molecule has 1 aliphatic rings. The molecule has 1 saturated heterocycles. The van der Waals surface area contributed by atoms with E-state index >= 15 is 0 Å². The predicted molar refractivity (Wildman–Crippen MR) is 81.9 cm³/mol. The van der Waals surface area contributed by atoms with Crippen molar-refractivity contribution >= 4 is 0 Å². The lowest BCUT2D eigenvalue weighted by Crippen LogP contribution is -2.10. The Hall–Kier alpha value is -1.74. The summed E-state index contributed by atoms with van der Waals surface area (Å²) >= 11 is 0. The zero-order valence-electron chi connectivity index (χ0n) is 12.4. The molecule has 0 saturated carbocycles. The molecule has 0 spiro atoms. The molecule has 0 radical (unpaired) electrons. The summed E-state index contributed by atoms with van der Waals surface area (Å²) in [6, 6.07) is 6.50. The largest absolute Gasteiger partial charge is 0.316 e. The number of nitrogens with one attached hydrogen (secondary N) is 1. The van der Waals surface area contributed by atoms with Gasteiger partial charge in [0.25, 0.3) is 0 Å². The summed E-state index contributed by atoms with van der Waals surface area (Å²) < 4.78 is 0. The highest BCUT2D eigenvalue weighted by molar-refractivity contribution is 5.65. The Morgan fingerprint density at radius 3 is 2.65 bits per heavy atom. The van der Waals surface area contributed by atoms with Gasteiger partial charge in [0.15, 0.2) is 0 Å². The van der Waals surface area contributed by atoms with Crippen molar-refractivity contribution in [2.45, 2.75) is 33.1 Å². The first-order chi connectivity index (χ1) is 9.65. The molecule has 0 amide bonds. The van der Waals surface area contributed by atoms with Crippen molar-refractivity contribution in [3.8, 4) is 11.3 Å². The normalized spacial score (nSPS) is 18.4. The predicted octanol–water partition coefficient (Wildman–Crippen LogP) is 3.15. The lowest BCUT2D eigenvalue weighted by Gasteiger charge is -2.12. The maximum absolute atomic E-state index is 4.81. The van der Waals surface area contributed by atoms with Gasteiger partial charge in [-0.05, 0) is 62.6 Å². The van der Waals surface area contributed by atoms with E-state index in [1.54, 1.807) is 0 Å². The van der Waals surface area contributed by atoms with Gasteiger partial charge < -0.3 is 5.32 Å². The first-order valence-corrected chi connectivity index (χ1v) is 7.27. The van der Waals surface area contributed by atoms with Gasteiger partial charge in [-0.15, -0.1) is 0 Å². The van der Waals surface area contributed by atoms with E-state index in [4.69, 9.17) is 4.98 Å². The van der Waals surface area contributed by atoms with E-state index in [9.17, 15) is 0 Å². The van der Waals surface area contributed by atoms with Crippen LogP contribution in [0.15, 0.2) is 24.4 Å². The van der Waals surface area contributed by atoms with Gasteiger partial charge in [0.1, 0.15) is 5.82 Å². The van der Waals surface area contributed by atoms with Crippen LogP contribution in [-0.2, 0) is 0 Å². The third-order valence-electron chi connectivity index (χ3n) is 4.22. The molecule has 0 aliphatic carbocycles. The zero-order valence-corrected chi connectivity index (χ0v) is 12.4. The summed E-state index contributed by atoms with van der Waals surface area (Å²) in [5.74, 6) is 1.44. The van der Waals surface area contributed by atoms with Crippen molar-refractivity contribution in [2.24, 2.45) is 0 Å². The maximum Gasteiger partial charge on any atom is 0.133 e. The van der Waals surface area contributed by atoms with Crippen molar-refractivity contribution in [3.05, 3.63) is 46.9 Å². The molecule has 2 aromatic rings. The summed E-state index contributed by atoms with van der Waals surface area (Å²) in [6.07, 6.45) is 3.03. The topological polar surface area (TPSA) is 37.8 Å². The molecule has 1 atom stereocenters. The Kier molecular flexibility index (Phi) is 3.53. The minimum atomic E-state index is 0.460. The lowest BCUT2D eigenvalue weighted by molar-refractivity contribution is 0.703. The van der Waals surface area contributed by atoms with E-state index < -0.39 is 0 Å². The van der Waals surface area contributed by atoms with Gasteiger partial charge in [0, 0.05) is 24.2 Å². The monoisotopic (exact) mass is 267 g/mol. The molecule has 1 aliphatic heterocycles. The van der Waals surface area contributed by atoms with E-state index in [2.05, 4.69) is 43.2 Å². The molecule has 1 unspecified atom stereocenters. The third kappa shape index (κ3) is 2.46. The Morgan fingerprint density at radius 1 is 1.10 bits per heavy atom. The van der Waals surface area contributed by atoms with Crippen molar-refractivity contribution in [3.63, 3.8) is 0 Å². The van der Waals surface area contributed by atoms with Crippen molar-refractivity contribution in [2.75, 3.05) is 13.1 Å². The number of hydrogen-bond donors (Lipinski definition) is 1. The first kappa shape index (κ1) is 13.3. The second-order valence-corrected chi connectivity index (χ2v) is 5.74. The molecular formula is C17H21N3. The van der Waals surface area contributed by atoms with Crippen LogP contribution in [0.3, 0.4) is 0 Å². The molecule has 20 heavy (non-hydrogen) atoms. The quantitative estimate of drug-likeness (QED) is 0.908. The van der Waals surface area contributed by atoms with Crippen LogP contribution in [0.2, 0.25) is 0 Å². The second kappa shape index (κ2) is 5.33. The Labute approximate surface area is 120 Å². The highest BCUT2D eigenvalue weighted by Gasteiger charge is 2.19. The van der Waals surface area contributed by atoms with Gasteiger partial charge in [-0.2, -0.15) is 0 Å². The van der Waals surface area contributed by atoms with Gasteiger partial charge in [-0.3, -0.25) is 0 Å². The van der Waals surface area contributed by atoms with Crippen LogP contribution >= 0.6 is 0 Å². The lowest BCUT2D eigenvalue weighted by atomic mass is 9.98. The molecule has 104 valence electrons. The molecule has 1 N–H and O–H groups in total. The minimum Gasteiger partial charge on any atom is -0.316 e. The molecule has 1 fully saturated rings. The minimum absolute atomic E-state index is 0.460. The summed E-state index contributed by atoms with van der Waals surface area (Å²) in [7, 11) is 0. The fourth-order valence-corrected chi connectivity index (χ4v) is 2.83. The average Bonchev–Trinajstić information content (AvgIpc) is 2.97. The molecule has 1 aromatic carbocycles. The van der Waals surface area contributed by atoms with Crippen LogP contribution < -0.4 is 5.32 Å². The molecule has 3 rings (SSSR count). The van der Waals surface area contributed by atoms with Crippen LogP contribution in [0.1, 0.15) is 34.9 Å². The van der Waals surface area contributed by atoms with Crippen LogP contribution in [0.4, 0.5) is 0 Å². The van der Waals surface area contributed by atoms with Gasteiger partial charge in [-0.1, -0.05) is 6.07 Å². The van der Waals surface area contributed by atoms with Crippen molar-refractivity contribution < 1.29 is 0 Å². The number of aromatic nitrogens is 2. The summed E-state index contributed by atoms with van der Waals surface area (Å²) in [6.45, 7) is 8.53. The standard InChI is InChI=1S/C17H21N3/c1-11-8-13(3)15(9-12(11)2)16-5-7-19-17(20-16)14-4-6-18-10-14/h5,7-9,14,18H,4,6,10H2,1-3H3. The van der Waals surface area contributed by atoms with E-state index in [-0.39, 0.29) is 0 Å². The Morgan fingerprint density at radius 2 is 1.90 bits per heavy atom. The average molecular weight is 267 g/mol. The fraction of sp³-hybridized carbons (Fsp3) is 0.412. The van der Waals surface area contributed by atoms with Gasteiger partial charge >= 0.3 is 0 Å². The second-order valence-electron chi connectivity index (χ2n) is 5.74. The molecule has 1 aromatic heterocycles. The smallest absolute Gasteiger partial charge is 0.133 e. The number of hydrogen-bond acceptors (Lipinski definition) is 3. The van der Waals surface area contributed by atoms with E-state index in [0.29, 0.717) is 5.92 Å². The van der Waals surface area contributed by atoms with Crippen LogP contribution in [0.5, 0.6) is 0 Å². The zero-order chi connectivity index (χ0) is 14.1.